The van der Waals surface area contributed by atoms with E-state index >= 15 is 0 Å². The molecule has 1 heterocycles. The lowest BCUT2D eigenvalue weighted by Crippen LogP contribution is -2.18. The molecule has 0 spiro atoms. The summed E-state index contributed by atoms with van der Waals surface area (Å²) in [7, 11) is 0. The minimum absolute atomic E-state index is 0.0446. The van der Waals surface area contributed by atoms with Crippen LogP contribution in [0.25, 0.3) is 10.9 Å². The molecule has 2 aromatic rings. The van der Waals surface area contributed by atoms with Crippen LogP contribution in [0, 0.1) is 5.82 Å². The van der Waals surface area contributed by atoms with E-state index in [1.165, 1.54) is 12.1 Å². The Bertz CT molecular complexity index is 786. The Morgan fingerprint density at radius 1 is 1.48 bits per heavy atom. The zero-order valence-electron chi connectivity index (χ0n) is 12.0. The van der Waals surface area contributed by atoms with Gasteiger partial charge in [0.2, 0.25) is 0 Å². The molecular weight excluding hydrogens is 293 g/mol. The number of hydrogen-bond donors (Lipinski definition) is 1. The van der Waals surface area contributed by atoms with Gasteiger partial charge >= 0.3 is 5.97 Å². The van der Waals surface area contributed by atoms with Gasteiger partial charge < -0.3 is 5.11 Å². The van der Waals surface area contributed by atoms with Gasteiger partial charge in [-0.05, 0) is 35.4 Å². The quantitative estimate of drug-likeness (QED) is 0.843. The molecule has 1 aliphatic carbocycles. The maximum absolute atomic E-state index is 14.1. The fraction of sp³-hybridized carbons (Fsp3) is 0.375. The largest absolute Gasteiger partial charge is 0.478 e. The van der Waals surface area contributed by atoms with Gasteiger partial charge in [-0.15, -0.1) is 0 Å². The fourth-order valence-corrected chi connectivity index (χ4v) is 3.78. The smallest absolute Gasteiger partial charge is 0.336 e. The summed E-state index contributed by atoms with van der Waals surface area (Å²) < 4.78 is 14.1. The number of fused-ring (bicyclic) bond motifs is 2. The monoisotopic (exact) mass is 307 g/mol. The summed E-state index contributed by atoms with van der Waals surface area (Å²) in [5.74, 6) is -1.54. The standard InChI is InChI=1S/C16H15ClFNO2/c1-7-6-16(2,3)12-11(15(20)21)10-8(17)4-5-9(18)14(10)19-13(7)12/h4-5,7H,6H2,1-3H3,(H,20,21). The molecule has 1 unspecified atom stereocenters. The predicted octanol–water partition coefficient (Wildman–Crippen LogP) is 4.51. The van der Waals surface area contributed by atoms with Crippen molar-refractivity contribution in [2.24, 2.45) is 0 Å². The Hall–Kier alpha value is -1.68. The molecule has 1 aromatic carbocycles. The van der Waals surface area contributed by atoms with Crippen molar-refractivity contribution in [2.45, 2.75) is 38.5 Å². The molecule has 21 heavy (non-hydrogen) atoms. The van der Waals surface area contributed by atoms with Crippen molar-refractivity contribution in [3.05, 3.63) is 39.8 Å². The van der Waals surface area contributed by atoms with E-state index in [-0.39, 0.29) is 32.8 Å². The molecule has 0 saturated heterocycles. The van der Waals surface area contributed by atoms with Gasteiger partial charge in [0.25, 0.3) is 0 Å². The molecule has 1 N–H and O–H groups in total. The number of aromatic nitrogens is 1. The molecule has 0 saturated carbocycles. The van der Waals surface area contributed by atoms with Crippen LogP contribution < -0.4 is 0 Å². The van der Waals surface area contributed by atoms with Gasteiger partial charge in [-0.25, -0.2) is 14.2 Å². The third-order valence-electron chi connectivity index (χ3n) is 4.24. The van der Waals surface area contributed by atoms with Gasteiger partial charge in [0.1, 0.15) is 11.3 Å². The molecule has 1 aliphatic rings. The van der Waals surface area contributed by atoms with Crippen LogP contribution in [0.2, 0.25) is 5.02 Å². The third-order valence-corrected chi connectivity index (χ3v) is 4.56. The summed E-state index contributed by atoms with van der Waals surface area (Å²) in [4.78, 5) is 16.2. The zero-order chi connectivity index (χ0) is 15.5. The van der Waals surface area contributed by atoms with Gasteiger partial charge in [-0.3, -0.25) is 0 Å². The van der Waals surface area contributed by atoms with E-state index in [4.69, 9.17) is 11.6 Å². The first-order valence-electron chi connectivity index (χ1n) is 6.79. The van der Waals surface area contributed by atoms with E-state index in [2.05, 4.69) is 4.98 Å². The average Bonchev–Trinajstić information content (AvgIpc) is 2.62. The van der Waals surface area contributed by atoms with Crippen molar-refractivity contribution in [3.8, 4) is 0 Å². The highest BCUT2D eigenvalue weighted by Gasteiger charge is 2.41. The maximum atomic E-state index is 14.1. The molecule has 0 fully saturated rings. The molecular formula is C16H15ClFNO2. The molecule has 5 heteroatoms. The van der Waals surface area contributed by atoms with Crippen molar-refractivity contribution in [2.75, 3.05) is 0 Å². The number of rotatable bonds is 1. The first-order chi connectivity index (χ1) is 9.74. The van der Waals surface area contributed by atoms with Gasteiger partial charge in [0, 0.05) is 11.1 Å². The first kappa shape index (κ1) is 14.3. The van der Waals surface area contributed by atoms with Crippen LogP contribution in [0.1, 0.15) is 54.7 Å². The van der Waals surface area contributed by atoms with Crippen LogP contribution in [-0.4, -0.2) is 16.1 Å². The summed E-state index contributed by atoms with van der Waals surface area (Å²) in [6.45, 7) is 5.96. The molecule has 1 aromatic heterocycles. The number of carboxylic acid groups (broad SMARTS) is 1. The number of nitrogens with zero attached hydrogens (tertiary/aromatic N) is 1. The predicted molar refractivity (Wildman–Crippen MR) is 79.7 cm³/mol. The van der Waals surface area contributed by atoms with Crippen molar-refractivity contribution < 1.29 is 14.3 Å². The van der Waals surface area contributed by atoms with E-state index in [1.807, 2.05) is 20.8 Å². The lowest BCUT2D eigenvalue weighted by atomic mass is 9.83. The molecule has 0 radical (unpaired) electrons. The molecule has 0 aliphatic heterocycles. The molecule has 0 amide bonds. The highest BCUT2D eigenvalue weighted by Crippen LogP contribution is 2.48. The average molecular weight is 308 g/mol. The number of benzene rings is 1. The van der Waals surface area contributed by atoms with Crippen LogP contribution >= 0.6 is 11.6 Å². The van der Waals surface area contributed by atoms with E-state index in [0.29, 0.717) is 11.3 Å². The van der Waals surface area contributed by atoms with Crippen LogP contribution in [-0.2, 0) is 5.41 Å². The second-order valence-corrected chi connectivity index (χ2v) is 6.70. The van der Waals surface area contributed by atoms with Gasteiger partial charge in [-0.1, -0.05) is 32.4 Å². The third kappa shape index (κ3) is 1.93. The summed E-state index contributed by atoms with van der Waals surface area (Å²) in [5.41, 5.74) is 1.17. The SMILES string of the molecule is CC1CC(C)(C)c2c1nc1c(F)ccc(Cl)c1c2C(=O)O. The summed E-state index contributed by atoms with van der Waals surface area (Å²) in [6, 6.07) is 2.60. The topological polar surface area (TPSA) is 50.2 Å². The molecule has 3 nitrogen and oxygen atoms in total. The zero-order valence-corrected chi connectivity index (χ0v) is 12.8. The van der Waals surface area contributed by atoms with Crippen LogP contribution in [0.15, 0.2) is 12.1 Å². The fourth-order valence-electron chi connectivity index (χ4n) is 3.54. The highest BCUT2D eigenvalue weighted by molar-refractivity contribution is 6.36. The first-order valence-corrected chi connectivity index (χ1v) is 7.17. The number of carboxylic acids is 1. The van der Waals surface area contributed by atoms with Crippen molar-refractivity contribution in [3.63, 3.8) is 0 Å². The molecule has 110 valence electrons. The van der Waals surface area contributed by atoms with Crippen molar-refractivity contribution in [1.29, 1.82) is 0 Å². The highest BCUT2D eigenvalue weighted by atomic mass is 35.5. The summed E-state index contributed by atoms with van der Waals surface area (Å²) >= 11 is 6.14. The van der Waals surface area contributed by atoms with Gasteiger partial charge in [0.05, 0.1) is 10.6 Å². The Morgan fingerprint density at radius 2 is 2.14 bits per heavy atom. The number of hydrogen-bond acceptors (Lipinski definition) is 2. The summed E-state index contributed by atoms with van der Waals surface area (Å²) in [6.07, 6.45) is 0.783. The van der Waals surface area contributed by atoms with Crippen LogP contribution in [0.4, 0.5) is 4.39 Å². The van der Waals surface area contributed by atoms with Crippen molar-refractivity contribution in [1.82, 2.24) is 4.98 Å². The number of aromatic carboxylic acids is 1. The molecule has 0 bridgehead atoms. The van der Waals surface area contributed by atoms with Gasteiger partial charge in [-0.2, -0.15) is 0 Å². The Kier molecular flexibility index (Phi) is 2.99. The molecule has 1 atom stereocenters. The Morgan fingerprint density at radius 3 is 2.76 bits per heavy atom. The second kappa shape index (κ2) is 4.41. The van der Waals surface area contributed by atoms with E-state index in [0.717, 1.165) is 6.42 Å². The maximum Gasteiger partial charge on any atom is 0.336 e. The minimum Gasteiger partial charge on any atom is -0.478 e. The lowest BCUT2D eigenvalue weighted by molar-refractivity contribution is 0.0696. The lowest BCUT2D eigenvalue weighted by Gasteiger charge is -2.22. The van der Waals surface area contributed by atoms with Crippen molar-refractivity contribution >= 4 is 28.5 Å². The van der Waals surface area contributed by atoms with E-state index in [9.17, 15) is 14.3 Å². The molecule has 3 rings (SSSR count). The Balaban J connectivity index is 2.58. The normalized spacial score (nSPS) is 19.8. The Labute approximate surface area is 126 Å². The number of pyridine rings is 1. The second-order valence-electron chi connectivity index (χ2n) is 6.29. The van der Waals surface area contributed by atoms with Crippen LogP contribution in [0.3, 0.4) is 0 Å². The summed E-state index contributed by atoms with van der Waals surface area (Å²) in [5, 5.41) is 10.1. The minimum atomic E-state index is -1.09. The number of carbonyl (C=O) groups is 1. The number of halogens is 2. The van der Waals surface area contributed by atoms with Crippen LogP contribution in [0.5, 0.6) is 0 Å². The van der Waals surface area contributed by atoms with E-state index < -0.39 is 11.8 Å². The van der Waals surface area contributed by atoms with Gasteiger partial charge in [0.15, 0.2) is 0 Å². The van der Waals surface area contributed by atoms with E-state index in [1.54, 1.807) is 0 Å².